The maximum absolute atomic E-state index is 13.2. The van der Waals surface area contributed by atoms with Crippen LogP contribution in [-0.2, 0) is 4.79 Å². The van der Waals surface area contributed by atoms with Gasteiger partial charge in [-0.3, -0.25) is 14.2 Å². The predicted octanol–water partition coefficient (Wildman–Crippen LogP) is 2.64. The third-order valence-corrected chi connectivity index (χ3v) is 6.59. The zero-order chi connectivity index (χ0) is 21.4. The summed E-state index contributed by atoms with van der Waals surface area (Å²) in [4.78, 5) is 44.9. The SMILES string of the molecule is O=C(c1ccoc1)N1CCC[C@@H](C(=O)N2CCC(n3c(=O)[nH]c4ccccc43)CC2)C1. The van der Waals surface area contributed by atoms with Crippen molar-refractivity contribution < 1.29 is 14.0 Å². The molecule has 162 valence electrons. The molecule has 2 fully saturated rings. The van der Waals surface area contributed by atoms with Crippen LogP contribution < -0.4 is 5.69 Å². The van der Waals surface area contributed by atoms with Gasteiger partial charge in [0.25, 0.3) is 5.91 Å². The van der Waals surface area contributed by atoms with Crippen LogP contribution in [0.3, 0.4) is 0 Å². The molecular weight excluding hydrogens is 396 g/mol. The summed E-state index contributed by atoms with van der Waals surface area (Å²) in [5.74, 6) is -0.130. The van der Waals surface area contributed by atoms with Crippen molar-refractivity contribution in [3.63, 3.8) is 0 Å². The molecule has 2 aromatic heterocycles. The van der Waals surface area contributed by atoms with E-state index >= 15 is 0 Å². The van der Waals surface area contributed by atoms with Gasteiger partial charge in [-0.25, -0.2) is 4.79 Å². The van der Waals surface area contributed by atoms with E-state index in [9.17, 15) is 14.4 Å². The highest BCUT2D eigenvalue weighted by Crippen LogP contribution is 2.27. The Balaban J connectivity index is 1.23. The van der Waals surface area contributed by atoms with E-state index in [0.29, 0.717) is 31.7 Å². The Hall–Kier alpha value is -3.29. The number of hydrogen-bond donors (Lipinski definition) is 1. The molecule has 1 aromatic carbocycles. The van der Waals surface area contributed by atoms with Gasteiger partial charge in [0.15, 0.2) is 0 Å². The van der Waals surface area contributed by atoms with Crippen LogP contribution in [0.25, 0.3) is 11.0 Å². The molecule has 0 aliphatic carbocycles. The summed E-state index contributed by atoms with van der Waals surface area (Å²) in [6.45, 7) is 2.37. The van der Waals surface area contributed by atoms with Gasteiger partial charge in [-0.05, 0) is 43.9 Å². The molecule has 2 aliphatic rings. The van der Waals surface area contributed by atoms with E-state index in [1.165, 1.54) is 12.5 Å². The van der Waals surface area contributed by atoms with E-state index in [4.69, 9.17) is 4.42 Å². The first-order valence-electron chi connectivity index (χ1n) is 10.9. The van der Waals surface area contributed by atoms with Gasteiger partial charge in [-0.15, -0.1) is 0 Å². The Morgan fingerprint density at radius 2 is 1.81 bits per heavy atom. The van der Waals surface area contributed by atoms with Crippen LogP contribution in [0.4, 0.5) is 0 Å². The molecule has 31 heavy (non-hydrogen) atoms. The second-order valence-corrected chi connectivity index (χ2v) is 8.48. The van der Waals surface area contributed by atoms with Crippen LogP contribution in [0.1, 0.15) is 42.1 Å². The molecule has 0 saturated carbocycles. The number of aromatic amines is 1. The molecule has 5 rings (SSSR count). The number of nitrogens with zero attached hydrogens (tertiary/aromatic N) is 3. The molecule has 1 N–H and O–H groups in total. The highest BCUT2D eigenvalue weighted by Gasteiger charge is 2.34. The second-order valence-electron chi connectivity index (χ2n) is 8.48. The van der Waals surface area contributed by atoms with Crippen molar-refractivity contribution in [3.8, 4) is 0 Å². The number of hydrogen-bond acceptors (Lipinski definition) is 4. The molecule has 8 heteroatoms. The zero-order valence-corrected chi connectivity index (χ0v) is 17.3. The zero-order valence-electron chi connectivity index (χ0n) is 17.3. The summed E-state index contributed by atoms with van der Waals surface area (Å²) in [6, 6.07) is 9.45. The lowest BCUT2D eigenvalue weighted by molar-refractivity contribution is -0.138. The largest absolute Gasteiger partial charge is 0.472 e. The monoisotopic (exact) mass is 422 g/mol. The summed E-state index contributed by atoms with van der Waals surface area (Å²) in [5.41, 5.74) is 2.19. The number of aromatic nitrogens is 2. The quantitative estimate of drug-likeness (QED) is 0.702. The number of piperidine rings is 2. The topological polar surface area (TPSA) is 91.6 Å². The Morgan fingerprint density at radius 1 is 1.00 bits per heavy atom. The number of benzene rings is 1. The average molecular weight is 422 g/mol. The predicted molar refractivity (Wildman–Crippen MR) is 115 cm³/mol. The van der Waals surface area contributed by atoms with Gasteiger partial charge in [0.1, 0.15) is 6.26 Å². The van der Waals surface area contributed by atoms with Crippen LogP contribution >= 0.6 is 0 Å². The number of para-hydroxylation sites is 2. The number of likely N-dealkylation sites (tertiary alicyclic amines) is 2. The van der Waals surface area contributed by atoms with Crippen LogP contribution in [0.15, 0.2) is 52.1 Å². The minimum Gasteiger partial charge on any atom is -0.472 e. The number of fused-ring (bicyclic) bond motifs is 1. The minimum absolute atomic E-state index is 0.0799. The van der Waals surface area contributed by atoms with E-state index in [0.717, 1.165) is 36.7 Å². The van der Waals surface area contributed by atoms with Gasteiger partial charge < -0.3 is 19.2 Å². The third-order valence-electron chi connectivity index (χ3n) is 6.59. The summed E-state index contributed by atoms with van der Waals surface area (Å²) in [7, 11) is 0. The Labute approximate surface area is 179 Å². The van der Waals surface area contributed by atoms with Gasteiger partial charge >= 0.3 is 5.69 Å². The highest BCUT2D eigenvalue weighted by molar-refractivity contribution is 5.94. The third kappa shape index (κ3) is 3.66. The normalized spacial score (nSPS) is 20.3. The van der Waals surface area contributed by atoms with Crippen molar-refractivity contribution >= 4 is 22.8 Å². The van der Waals surface area contributed by atoms with Crippen LogP contribution in [0.2, 0.25) is 0 Å². The van der Waals surface area contributed by atoms with Gasteiger partial charge in [0.2, 0.25) is 5.91 Å². The Morgan fingerprint density at radius 3 is 2.58 bits per heavy atom. The van der Waals surface area contributed by atoms with E-state index in [1.54, 1.807) is 11.0 Å². The number of nitrogens with one attached hydrogen (secondary N) is 1. The van der Waals surface area contributed by atoms with Gasteiger partial charge in [-0.1, -0.05) is 12.1 Å². The summed E-state index contributed by atoms with van der Waals surface area (Å²) in [5, 5.41) is 0. The molecule has 0 bridgehead atoms. The van der Waals surface area contributed by atoms with Crippen molar-refractivity contribution in [1.82, 2.24) is 19.4 Å². The Bertz CT molecular complexity index is 1140. The number of furan rings is 1. The molecule has 0 unspecified atom stereocenters. The van der Waals surface area contributed by atoms with Crippen LogP contribution in [0.5, 0.6) is 0 Å². The van der Waals surface area contributed by atoms with Crippen LogP contribution in [0, 0.1) is 5.92 Å². The van der Waals surface area contributed by atoms with Crippen molar-refractivity contribution in [2.75, 3.05) is 26.2 Å². The fourth-order valence-electron chi connectivity index (χ4n) is 4.97. The maximum atomic E-state index is 13.2. The van der Waals surface area contributed by atoms with E-state index in [2.05, 4.69) is 4.98 Å². The summed E-state index contributed by atoms with van der Waals surface area (Å²) in [6.07, 6.45) is 6.06. The lowest BCUT2D eigenvalue weighted by Crippen LogP contribution is -2.49. The number of amides is 2. The number of rotatable bonds is 3. The standard InChI is InChI=1S/C23H26N4O4/c28-21(16-4-3-10-26(14-16)22(29)17-9-13-31-15-17)25-11-7-18(8-12-25)27-20-6-2-1-5-19(20)24-23(27)30/h1-2,5-6,9,13,15-16,18H,3-4,7-8,10-12,14H2,(H,24,30)/t16-/m1/s1. The van der Waals surface area contributed by atoms with Gasteiger partial charge in [0, 0.05) is 32.2 Å². The number of imidazole rings is 1. The van der Waals surface area contributed by atoms with Crippen molar-refractivity contribution in [2.45, 2.75) is 31.7 Å². The minimum atomic E-state index is -0.169. The molecule has 8 nitrogen and oxygen atoms in total. The molecule has 1 atom stereocenters. The first-order valence-corrected chi connectivity index (χ1v) is 10.9. The summed E-state index contributed by atoms with van der Waals surface area (Å²) >= 11 is 0. The molecule has 2 amide bonds. The van der Waals surface area contributed by atoms with Crippen LogP contribution in [-0.4, -0.2) is 57.3 Å². The number of carbonyl (C=O) groups excluding carboxylic acids is 2. The van der Waals surface area contributed by atoms with Crippen molar-refractivity contribution in [1.29, 1.82) is 0 Å². The molecule has 3 aromatic rings. The molecule has 2 saturated heterocycles. The number of H-pyrrole nitrogens is 1. The molecular formula is C23H26N4O4. The first-order chi connectivity index (χ1) is 15.1. The fourth-order valence-corrected chi connectivity index (χ4v) is 4.97. The van der Waals surface area contributed by atoms with Crippen molar-refractivity contribution in [3.05, 3.63) is 58.9 Å². The van der Waals surface area contributed by atoms with E-state index in [-0.39, 0.29) is 29.5 Å². The number of carbonyl (C=O) groups is 2. The fraction of sp³-hybridized carbons (Fsp3) is 0.435. The maximum Gasteiger partial charge on any atom is 0.326 e. The Kier molecular flexibility index (Phi) is 5.13. The van der Waals surface area contributed by atoms with Gasteiger partial charge in [0.05, 0.1) is 28.8 Å². The molecule has 0 radical (unpaired) electrons. The second kappa shape index (κ2) is 8.09. The van der Waals surface area contributed by atoms with E-state index in [1.807, 2.05) is 33.7 Å². The van der Waals surface area contributed by atoms with Crippen molar-refractivity contribution in [2.24, 2.45) is 5.92 Å². The van der Waals surface area contributed by atoms with Gasteiger partial charge in [-0.2, -0.15) is 0 Å². The molecule has 0 spiro atoms. The van der Waals surface area contributed by atoms with E-state index < -0.39 is 0 Å². The first kappa shape index (κ1) is 19.7. The lowest BCUT2D eigenvalue weighted by atomic mass is 9.94. The lowest BCUT2D eigenvalue weighted by Gasteiger charge is -2.38. The molecule has 2 aliphatic heterocycles. The molecule has 4 heterocycles. The highest BCUT2D eigenvalue weighted by atomic mass is 16.3. The summed E-state index contributed by atoms with van der Waals surface area (Å²) < 4.78 is 6.86. The smallest absolute Gasteiger partial charge is 0.326 e. The average Bonchev–Trinajstić information content (AvgIpc) is 3.46.